The first-order chi connectivity index (χ1) is 11.0. The highest BCUT2D eigenvalue weighted by atomic mass is 16.2. The van der Waals surface area contributed by atoms with Gasteiger partial charge in [0, 0.05) is 36.1 Å². The van der Waals surface area contributed by atoms with E-state index >= 15 is 0 Å². The van der Waals surface area contributed by atoms with Crippen LogP contribution < -0.4 is 10.9 Å². The predicted molar refractivity (Wildman–Crippen MR) is 91.7 cm³/mol. The molecule has 122 valence electrons. The third-order valence-electron chi connectivity index (χ3n) is 4.59. The average molecular weight is 313 g/mol. The number of hydrogen-bond acceptors (Lipinski definition) is 3. The van der Waals surface area contributed by atoms with Crippen LogP contribution in [-0.2, 0) is 0 Å². The lowest BCUT2D eigenvalue weighted by atomic mass is 10.1. The van der Waals surface area contributed by atoms with E-state index in [0.29, 0.717) is 29.6 Å². The number of H-pyrrole nitrogens is 1. The largest absolute Gasteiger partial charge is 0.352 e. The van der Waals surface area contributed by atoms with Crippen molar-refractivity contribution in [2.75, 3.05) is 19.6 Å². The van der Waals surface area contributed by atoms with Gasteiger partial charge in [-0.1, -0.05) is 18.2 Å². The molecule has 2 N–H and O–H groups in total. The average Bonchev–Trinajstić information content (AvgIpc) is 3.01. The van der Waals surface area contributed by atoms with E-state index in [1.165, 1.54) is 6.07 Å². The SMILES string of the molecule is CC(C)N1CC[C@@H](CNC(=O)c2cc(=O)[nH]c3ccccc23)C1. The van der Waals surface area contributed by atoms with Crippen molar-refractivity contribution in [3.63, 3.8) is 0 Å². The summed E-state index contributed by atoms with van der Waals surface area (Å²) in [5, 5.41) is 3.78. The summed E-state index contributed by atoms with van der Waals surface area (Å²) in [5.74, 6) is 0.310. The Hall–Kier alpha value is -2.14. The first-order valence-corrected chi connectivity index (χ1v) is 8.19. The number of likely N-dealkylation sites (tertiary alicyclic amines) is 1. The number of para-hydroxylation sites is 1. The molecule has 3 rings (SSSR count). The van der Waals surface area contributed by atoms with Crippen molar-refractivity contribution in [2.24, 2.45) is 5.92 Å². The Morgan fingerprint density at radius 1 is 1.39 bits per heavy atom. The number of amides is 1. The van der Waals surface area contributed by atoms with Crippen LogP contribution in [0.2, 0.25) is 0 Å². The Labute approximate surface area is 135 Å². The van der Waals surface area contributed by atoms with Gasteiger partial charge in [0.05, 0.1) is 5.56 Å². The second-order valence-corrected chi connectivity index (χ2v) is 6.55. The van der Waals surface area contributed by atoms with Gasteiger partial charge in [-0.25, -0.2) is 0 Å². The lowest BCUT2D eigenvalue weighted by Gasteiger charge is -2.20. The summed E-state index contributed by atoms with van der Waals surface area (Å²) in [7, 11) is 0. The fourth-order valence-corrected chi connectivity index (χ4v) is 3.22. The molecule has 1 aliphatic rings. The maximum atomic E-state index is 12.5. The lowest BCUT2D eigenvalue weighted by Crippen LogP contribution is -2.33. The van der Waals surface area contributed by atoms with Crippen LogP contribution in [0.3, 0.4) is 0 Å². The Kier molecular flexibility index (Phi) is 4.48. The van der Waals surface area contributed by atoms with Gasteiger partial charge >= 0.3 is 0 Å². The molecule has 1 fully saturated rings. The number of carbonyl (C=O) groups is 1. The van der Waals surface area contributed by atoms with Gasteiger partial charge in [-0.15, -0.1) is 0 Å². The van der Waals surface area contributed by atoms with Crippen LogP contribution in [-0.4, -0.2) is 41.5 Å². The molecule has 0 bridgehead atoms. The number of carbonyl (C=O) groups excluding carboxylic acids is 1. The van der Waals surface area contributed by atoms with Gasteiger partial charge in [-0.05, 0) is 38.8 Å². The lowest BCUT2D eigenvalue weighted by molar-refractivity contribution is 0.0948. The molecule has 0 aliphatic carbocycles. The smallest absolute Gasteiger partial charge is 0.252 e. The second kappa shape index (κ2) is 6.54. The normalized spacial score (nSPS) is 18.7. The second-order valence-electron chi connectivity index (χ2n) is 6.55. The summed E-state index contributed by atoms with van der Waals surface area (Å²) in [5.41, 5.74) is 0.890. The molecule has 2 aromatic rings. The standard InChI is InChI=1S/C18H23N3O2/c1-12(2)21-8-7-13(11-21)10-19-18(23)15-9-17(22)20-16-6-4-3-5-14(15)16/h3-6,9,12-13H,7-8,10-11H2,1-2H3,(H,19,23)(H,20,22)/t13-/m0/s1. The number of aromatic amines is 1. The highest BCUT2D eigenvalue weighted by molar-refractivity contribution is 6.05. The highest BCUT2D eigenvalue weighted by Crippen LogP contribution is 2.18. The van der Waals surface area contributed by atoms with Crippen LogP contribution in [0, 0.1) is 5.92 Å². The molecule has 2 heterocycles. The van der Waals surface area contributed by atoms with Crippen LogP contribution in [0.25, 0.3) is 10.9 Å². The molecule has 1 aliphatic heterocycles. The van der Waals surface area contributed by atoms with E-state index in [9.17, 15) is 9.59 Å². The predicted octanol–water partition coefficient (Wildman–Crippen LogP) is 1.99. The van der Waals surface area contributed by atoms with Gasteiger partial charge in [0.1, 0.15) is 0 Å². The van der Waals surface area contributed by atoms with Crippen LogP contribution in [0.1, 0.15) is 30.6 Å². The van der Waals surface area contributed by atoms with Crippen LogP contribution in [0.4, 0.5) is 0 Å². The minimum atomic E-state index is -0.249. The molecule has 1 aromatic heterocycles. The summed E-state index contributed by atoms with van der Waals surface area (Å²) in [6, 6.07) is 9.31. The van der Waals surface area contributed by atoms with Crippen molar-refractivity contribution >= 4 is 16.8 Å². The van der Waals surface area contributed by atoms with E-state index in [0.717, 1.165) is 24.9 Å². The van der Waals surface area contributed by atoms with Crippen molar-refractivity contribution in [1.29, 1.82) is 0 Å². The van der Waals surface area contributed by atoms with Gasteiger partial charge in [0.15, 0.2) is 0 Å². The van der Waals surface area contributed by atoms with Crippen molar-refractivity contribution in [1.82, 2.24) is 15.2 Å². The van der Waals surface area contributed by atoms with Gasteiger partial charge in [-0.2, -0.15) is 0 Å². The summed E-state index contributed by atoms with van der Waals surface area (Å²) in [4.78, 5) is 29.4. The molecule has 0 unspecified atom stereocenters. The van der Waals surface area contributed by atoms with Crippen molar-refractivity contribution in [2.45, 2.75) is 26.3 Å². The maximum absolute atomic E-state index is 12.5. The number of benzene rings is 1. The fraction of sp³-hybridized carbons (Fsp3) is 0.444. The van der Waals surface area contributed by atoms with Crippen LogP contribution in [0.15, 0.2) is 35.1 Å². The molecule has 1 amide bonds. The molecule has 23 heavy (non-hydrogen) atoms. The number of fused-ring (bicyclic) bond motifs is 1. The van der Waals surface area contributed by atoms with Crippen molar-refractivity contribution in [3.8, 4) is 0 Å². The Bertz CT molecular complexity index is 766. The van der Waals surface area contributed by atoms with Gasteiger partial charge in [-0.3, -0.25) is 9.59 Å². The molecule has 1 aromatic carbocycles. The molecule has 1 saturated heterocycles. The highest BCUT2D eigenvalue weighted by Gasteiger charge is 2.24. The van der Waals surface area contributed by atoms with E-state index in [-0.39, 0.29) is 11.5 Å². The Morgan fingerprint density at radius 3 is 2.91 bits per heavy atom. The zero-order valence-electron chi connectivity index (χ0n) is 13.6. The number of hydrogen-bond donors (Lipinski definition) is 2. The number of nitrogens with zero attached hydrogens (tertiary/aromatic N) is 1. The third kappa shape index (κ3) is 3.45. The summed E-state index contributed by atoms with van der Waals surface area (Å²) < 4.78 is 0. The van der Waals surface area contributed by atoms with E-state index in [2.05, 4.69) is 29.0 Å². The zero-order chi connectivity index (χ0) is 16.4. The molecule has 5 nitrogen and oxygen atoms in total. The fourth-order valence-electron chi connectivity index (χ4n) is 3.22. The summed E-state index contributed by atoms with van der Waals surface area (Å²) >= 11 is 0. The van der Waals surface area contributed by atoms with E-state index in [1.54, 1.807) is 0 Å². The molecule has 0 spiro atoms. The third-order valence-corrected chi connectivity index (χ3v) is 4.59. The summed E-state index contributed by atoms with van der Waals surface area (Å²) in [6.07, 6.45) is 1.11. The minimum Gasteiger partial charge on any atom is -0.352 e. The number of nitrogens with one attached hydrogen (secondary N) is 2. The van der Waals surface area contributed by atoms with Crippen molar-refractivity contribution in [3.05, 3.63) is 46.2 Å². The van der Waals surface area contributed by atoms with Gasteiger partial charge in [0.2, 0.25) is 5.56 Å². The van der Waals surface area contributed by atoms with Gasteiger partial charge in [0.25, 0.3) is 5.91 Å². The first-order valence-electron chi connectivity index (χ1n) is 8.19. The van der Waals surface area contributed by atoms with E-state index in [4.69, 9.17) is 0 Å². The minimum absolute atomic E-state index is 0.171. The number of pyridine rings is 1. The molecule has 5 heteroatoms. The Balaban J connectivity index is 1.71. The molecule has 0 saturated carbocycles. The quantitative estimate of drug-likeness (QED) is 0.907. The van der Waals surface area contributed by atoms with E-state index in [1.807, 2.05) is 24.3 Å². The van der Waals surface area contributed by atoms with Gasteiger partial charge < -0.3 is 15.2 Å². The topological polar surface area (TPSA) is 65.2 Å². The van der Waals surface area contributed by atoms with E-state index < -0.39 is 0 Å². The Morgan fingerprint density at radius 2 is 2.17 bits per heavy atom. The molecule has 1 atom stereocenters. The molecular weight excluding hydrogens is 290 g/mol. The number of aromatic nitrogens is 1. The first kappa shape index (κ1) is 15.7. The van der Waals surface area contributed by atoms with Crippen LogP contribution >= 0.6 is 0 Å². The maximum Gasteiger partial charge on any atom is 0.252 e. The zero-order valence-corrected chi connectivity index (χ0v) is 13.6. The van der Waals surface area contributed by atoms with Crippen molar-refractivity contribution < 1.29 is 4.79 Å². The monoisotopic (exact) mass is 313 g/mol. The summed E-state index contributed by atoms with van der Waals surface area (Å²) in [6.45, 7) is 7.16. The molecular formula is C18H23N3O2. The van der Waals surface area contributed by atoms with Crippen LogP contribution in [0.5, 0.6) is 0 Å². The number of rotatable bonds is 4. The molecule has 0 radical (unpaired) electrons.